The summed E-state index contributed by atoms with van der Waals surface area (Å²) in [6, 6.07) is 13.0. The van der Waals surface area contributed by atoms with Gasteiger partial charge in [0.2, 0.25) is 5.91 Å². The topological polar surface area (TPSA) is 50.8 Å². The summed E-state index contributed by atoms with van der Waals surface area (Å²) in [5.74, 6) is 1.03. The number of rotatable bonds is 8. The number of benzene rings is 2. The number of hydrogen-bond donors (Lipinski definition) is 1. The number of methoxy groups -OCH3 is 1. The Balaban J connectivity index is 1.69. The van der Waals surface area contributed by atoms with E-state index in [0.717, 1.165) is 11.5 Å². The Morgan fingerprint density at radius 1 is 1.08 bits per heavy atom. The number of carbonyl (C=O) groups excluding carboxylic acids is 1. The van der Waals surface area contributed by atoms with E-state index in [2.05, 4.69) is 5.32 Å². The molecule has 0 bridgehead atoms. The Labute approximate surface area is 141 Å². The van der Waals surface area contributed by atoms with Crippen LogP contribution in [0.5, 0.6) is 11.5 Å². The van der Waals surface area contributed by atoms with Crippen LogP contribution in [0, 0.1) is 5.82 Å². The largest absolute Gasteiger partial charge is 0.497 e. The maximum absolute atomic E-state index is 12.8. The second kappa shape index (κ2) is 8.88. The fraction of sp³-hybridized carbons (Fsp3) is 0.278. The molecular formula is C18H21FN2O3. The van der Waals surface area contributed by atoms with Crippen LogP contribution in [0.1, 0.15) is 0 Å². The third kappa shape index (κ3) is 5.89. The van der Waals surface area contributed by atoms with Gasteiger partial charge in [-0.1, -0.05) is 0 Å². The molecule has 0 atom stereocenters. The van der Waals surface area contributed by atoms with Gasteiger partial charge >= 0.3 is 0 Å². The lowest BCUT2D eigenvalue weighted by Gasteiger charge is -2.16. The zero-order valence-electron chi connectivity index (χ0n) is 13.8. The van der Waals surface area contributed by atoms with Crippen LogP contribution in [0.25, 0.3) is 0 Å². The molecule has 1 amide bonds. The summed E-state index contributed by atoms with van der Waals surface area (Å²) in [5, 5.41) is 2.72. The summed E-state index contributed by atoms with van der Waals surface area (Å²) in [4.78, 5) is 13.8. The summed E-state index contributed by atoms with van der Waals surface area (Å²) in [6.45, 7) is 1.29. The number of halogens is 1. The Morgan fingerprint density at radius 2 is 1.71 bits per heavy atom. The average molecular weight is 332 g/mol. The van der Waals surface area contributed by atoms with Gasteiger partial charge in [0.25, 0.3) is 0 Å². The van der Waals surface area contributed by atoms with Crippen molar-refractivity contribution in [1.29, 1.82) is 0 Å². The second-order valence-corrected chi connectivity index (χ2v) is 5.32. The molecule has 0 unspecified atom stereocenters. The number of likely N-dealkylation sites (N-methyl/N-ethyl adjacent to an activating group) is 1. The second-order valence-electron chi connectivity index (χ2n) is 5.32. The quantitative estimate of drug-likeness (QED) is 0.808. The molecule has 6 heteroatoms. The predicted octanol–water partition coefficient (Wildman–Crippen LogP) is 2.78. The molecule has 2 aromatic rings. The Morgan fingerprint density at radius 3 is 2.33 bits per heavy atom. The molecule has 0 aliphatic heterocycles. The summed E-state index contributed by atoms with van der Waals surface area (Å²) < 4.78 is 23.5. The Bertz CT molecular complexity index is 644. The van der Waals surface area contributed by atoms with E-state index in [-0.39, 0.29) is 18.3 Å². The van der Waals surface area contributed by atoms with Gasteiger partial charge in [-0.05, 0) is 55.6 Å². The molecule has 0 saturated carbocycles. The van der Waals surface area contributed by atoms with Gasteiger partial charge in [-0.3, -0.25) is 9.69 Å². The molecule has 0 fully saturated rings. The van der Waals surface area contributed by atoms with Crippen molar-refractivity contribution in [2.24, 2.45) is 0 Å². The van der Waals surface area contributed by atoms with Crippen LogP contribution in [0.2, 0.25) is 0 Å². The van der Waals surface area contributed by atoms with Gasteiger partial charge in [-0.15, -0.1) is 0 Å². The van der Waals surface area contributed by atoms with Gasteiger partial charge < -0.3 is 14.8 Å². The summed E-state index contributed by atoms with van der Waals surface area (Å²) in [7, 11) is 3.45. The zero-order chi connectivity index (χ0) is 17.4. The first-order valence-electron chi connectivity index (χ1n) is 7.57. The van der Waals surface area contributed by atoms with E-state index in [1.807, 2.05) is 36.2 Å². The normalized spacial score (nSPS) is 10.5. The Hall–Kier alpha value is -2.60. The molecule has 1 N–H and O–H groups in total. The van der Waals surface area contributed by atoms with Gasteiger partial charge in [-0.2, -0.15) is 0 Å². The van der Waals surface area contributed by atoms with Crippen molar-refractivity contribution in [2.75, 3.05) is 39.2 Å². The predicted molar refractivity (Wildman–Crippen MR) is 91.0 cm³/mol. The highest BCUT2D eigenvalue weighted by Crippen LogP contribution is 2.16. The summed E-state index contributed by atoms with van der Waals surface area (Å²) in [5.41, 5.74) is 0.573. The molecular weight excluding hydrogens is 311 g/mol. The van der Waals surface area contributed by atoms with Crippen LogP contribution in [0.15, 0.2) is 48.5 Å². The summed E-state index contributed by atoms with van der Waals surface area (Å²) in [6.07, 6.45) is 0. The van der Waals surface area contributed by atoms with E-state index < -0.39 is 0 Å². The molecule has 128 valence electrons. The van der Waals surface area contributed by atoms with Crippen molar-refractivity contribution in [2.45, 2.75) is 0 Å². The molecule has 0 heterocycles. The Kier molecular flexibility index (Phi) is 6.57. The van der Waals surface area contributed by atoms with Crippen LogP contribution in [0.4, 0.5) is 10.1 Å². The minimum absolute atomic E-state index is 0.159. The smallest absolute Gasteiger partial charge is 0.238 e. The van der Waals surface area contributed by atoms with Gasteiger partial charge in [0.1, 0.15) is 23.9 Å². The highest BCUT2D eigenvalue weighted by Gasteiger charge is 2.07. The maximum atomic E-state index is 12.8. The third-order valence-electron chi connectivity index (χ3n) is 3.34. The summed E-state index contributed by atoms with van der Waals surface area (Å²) >= 11 is 0. The van der Waals surface area contributed by atoms with Crippen molar-refractivity contribution in [3.8, 4) is 11.5 Å². The fourth-order valence-electron chi connectivity index (χ4n) is 2.05. The van der Waals surface area contributed by atoms with Crippen molar-refractivity contribution in [1.82, 2.24) is 4.90 Å². The van der Waals surface area contributed by atoms with E-state index in [1.165, 1.54) is 24.3 Å². The standard InChI is InChI=1S/C18H21FN2O3/c1-21(11-12-24-17-9-7-16(23-2)8-10-17)13-18(22)20-15-5-3-14(19)4-6-15/h3-10H,11-13H2,1-2H3,(H,20,22). The third-order valence-corrected chi connectivity index (χ3v) is 3.34. The molecule has 5 nitrogen and oxygen atoms in total. The molecule has 0 aliphatic rings. The van der Waals surface area contributed by atoms with Crippen molar-refractivity contribution >= 4 is 11.6 Å². The van der Waals surface area contributed by atoms with Crippen LogP contribution >= 0.6 is 0 Å². The van der Waals surface area contributed by atoms with Crippen LogP contribution < -0.4 is 14.8 Å². The van der Waals surface area contributed by atoms with E-state index in [1.54, 1.807) is 7.11 Å². The minimum atomic E-state index is -0.333. The van der Waals surface area contributed by atoms with Crippen molar-refractivity contribution in [3.05, 3.63) is 54.3 Å². The SMILES string of the molecule is COc1ccc(OCCN(C)CC(=O)Nc2ccc(F)cc2)cc1. The van der Waals surface area contributed by atoms with Gasteiger partial charge in [0, 0.05) is 12.2 Å². The first kappa shape index (κ1) is 17.7. The number of amides is 1. The van der Waals surface area contributed by atoms with E-state index in [4.69, 9.17) is 9.47 Å². The molecule has 2 rings (SSSR count). The number of nitrogens with one attached hydrogen (secondary N) is 1. The van der Waals surface area contributed by atoms with Crippen LogP contribution in [0.3, 0.4) is 0 Å². The van der Waals surface area contributed by atoms with Gasteiger partial charge in [-0.25, -0.2) is 4.39 Å². The number of ether oxygens (including phenoxy) is 2. The lowest BCUT2D eigenvalue weighted by Crippen LogP contribution is -2.33. The number of carbonyl (C=O) groups is 1. The monoisotopic (exact) mass is 332 g/mol. The number of anilines is 1. The van der Waals surface area contributed by atoms with Crippen molar-refractivity contribution < 1.29 is 18.7 Å². The lowest BCUT2D eigenvalue weighted by atomic mass is 10.3. The highest BCUT2D eigenvalue weighted by atomic mass is 19.1. The fourth-order valence-corrected chi connectivity index (χ4v) is 2.05. The van der Waals surface area contributed by atoms with Crippen LogP contribution in [-0.4, -0.2) is 44.7 Å². The molecule has 0 radical (unpaired) electrons. The van der Waals surface area contributed by atoms with Gasteiger partial charge in [0.05, 0.1) is 13.7 Å². The first-order chi connectivity index (χ1) is 11.6. The lowest BCUT2D eigenvalue weighted by molar-refractivity contribution is -0.117. The molecule has 0 spiro atoms. The minimum Gasteiger partial charge on any atom is -0.497 e. The van der Waals surface area contributed by atoms with E-state index in [0.29, 0.717) is 18.8 Å². The molecule has 0 saturated heterocycles. The van der Waals surface area contributed by atoms with E-state index >= 15 is 0 Å². The highest BCUT2D eigenvalue weighted by molar-refractivity contribution is 5.92. The van der Waals surface area contributed by atoms with Crippen molar-refractivity contribution in [3.63, 3.8) is 0 Å². The molecule has 0 aromatic heterocycles. The van der Waals surface area contributed by atoms with Gasteiger partial charge in [0.15, 0.2) is 0 Å². The molecule has 24 heavy (non-hydrogen) atoms. The molecule has 2 aromatic carbocycles. The average Bonchev–Trinajstić information content (AvgIpc) is 2.57. The van der Waals surface area contributed by atoms with E-state index in [9.17, 15) is 9.18 Å². The molecule has 0 aliphatic carbocycles. The first-order valence-corrected chi connectivity index (χ1v) is 7.57. The zero-order valence-corrected chi connectivity index (χ0v) is 13.8. The number of hydrogen-bond acceptors (Lipinski definition) is 4. The maximum Gasteiger partial charge on any atom is 0.238 e. The number of nitrogens with zero attached hydrogens (tertiary/aromatic N) is 1. The van der Waals surface area contributed by atoms with Crippen LogP contribution in [-0.2, 0) is 4.79 Å².